The molecule has 0 saturated carbocycles. The molecule has 0 spiro atoms. The van der Waals surface area contributed by atoms with Crippen LogP contribution >= 0.6 is 23.1 Å². The fourth-order valence-electron chi connectivity index (χ4n) is 4.41. The molecule has 1 amide bonds. The number of nitrogens with zero attached hydrogens (tertiary/aromatic N) is 1. The second kappa shape index (κ2) is 10.7. The molecule has 2 unspecified atom stereocenters. The first kappa shape index (κ1) is 25.1. The molecule has 0 radical (unpaired) electrons. The number of rotatable bonds is 8. The monoisotopic (exact) mass is 511 g/mol. The van der Waals surface area contributed by atoms with Crippen LogP contribution in [0.15, 0.2) is 70.9 Å². The number of ether oxygens (including phenoxy) is 1. The van der Waals surface area contributed by atoms with E-state index in [1.807, 2.05) is 29.0 Å². The third kappa shape index (κ3) is 5.03. The minimum atomic E-state index is -1.15. The van der Waals surface area contributed by atoms with Crippen molar-refractivity contribution in [3.63, 3.8) is 0 Å². The van der Waals surface area contributed by atoms with Crippen LogP contribution in [-0.4, -0.2) is 55.4 Å². The van der Waals surface area contributed by atoms with Crippen LogP contribution < -0.4 is 15.5 Å². The maximum atomic E-state index is 13.5. The number of nitrogens with one attached hydrogen (secondary N) is 2. The number of allylic oxidation sites excluding steroid dienone is 2. The first-order valence-corrected chi connectivity index (χ1v) is 13.1. The summed E-state index contributed by atoms with van der Waals surface area (Å²) in [5.74, 6) is -0.594. The number of ketones is 1. The van der Waals surface area contributed by atoms with Gasteiger partial charge in [0, 0.05) is 54.5 Å². The summed E-state index contributed by atoms with van der Waals surface area (Å²) in [6.07, 6.45) is 3.34. The number of likely N-dealkylation sites (N-methyl/N-ethyl adjacent to an activating group) is 1. The Bertz CT molecular complexity index is 1140. The SMILES string of the molecule is C=C/C=C(/SC1C(=O)CC(c2ccsc2)(c2ccc(N3CCOCC3)cc2O)NC1=O)C(=C)NC. The van der Waals surface area contributed by atoms with Crippen molar-refractivity contribution in [1.82, 2.24) is 10.6 Å². The molecule has 7 nitrogen and oxygen atoms in total. The molecule has 3 heterocycles. The van der Waals surface area contributed by atoms with Crippen LogP contribution in [0.2, 0.25) is 0 Å². The Morgan fingerprint density at radius 2 is 2.11 bits per heavy atom. The number of carbonyl (C=O) groups is 2. The summed E-state index contributed by atoms with van der Waals surface area (Å²) >= 11 is 2.62. The number of thiophene rings is 1. The molecule has 2 atom stereocenters. The summed E-state index contributed by atoms with van der Waals surface area (Å²) < 4.78 is 5.42. The van der Waals surface area contributed by atoms with Crippen molar-refractivity contribution in [3.8, 4) is 5.75 Å². The van der Waals surface area contributed by atoms with Crippen LogP contribution in [0.5, 0.6) is 5.75 Å². The van der Waals surface area contributed by atoms with E-state index in [1.165, 1.54) is 11.3 Å². The maximum Gasteiger partial charge on any atom is 0.242 e. The Morgan fingerprint density at radius 1 is 1.34 bits per heavy atom. The molecule has 2 aliphatic heterocycles. The highest BCUT2D eigenvalue weighted by Crippen LogP contribution is 2.44. The average Bonchev–Trinajstić information content (AvgIpc) is 3.41. The molecule has 2 aliphatic rings. The summed E-state index contributed by atoms with van der Waals surface area (Å²) in [4.78, 5) is 29.7. The molecule has 1 aromatic carbocycles. The second-order valence-electron chi connectivity index (χ2n) is 8.34. The lowest BCUT2D eigenvalue weighted by atomic mass is 9.76. The molecule has 35 heavy (non-hydrogen) atoms. The zero-order valence-electron chi connectivity index (χ0n) is 19.6. The van der Waals surface area contributed by atoms with Gasteiger partial charge in [-0.3, -0.25) is 9.59 Å². The first-order valence-electron chi connectivity index (χ1n) is 11.3. The second-order valence-corrected chi connectivity index (χ2v) is 10.3. The molecule has 184 valence electrons. The summed E-state index contributed by atoms with van der Waals surface area (Å²) in [6, 6.07) is 7.32. The zero-order valence-corrected chi connectivity index (χ0v) is 21.2. The molecule has 4 rings (SSSR count). The highest BCUT2D eigenvalue weighted by atomic mass is 32.2. The van der Waals surface area contributed by atoms with Crippen molar-refractivity contribution in [2.45, 2.75) is 17.2 Å². The van der Waals surface area contributed by atoms with Gasteiger partial charge < -0.3 is 25.4 Å². The van der Waals surface area contributed by atoms with Gasteiger partial charge >= 0.3 is 0 Å². The molecule has 2 saturated heterocycles. The number of aromatic hydroxyl groups is 1. The van der Waals surface area contributed by atoms with Gasteiger partial charge in [-0.2, -0.15) is 11.3 Å². The molecular weight excluding hydrogens is 482 g/mol. The third-order valence-corrected chi connectivity index (χ3v) is 8.28. The van der Waals surface area contributed by atoms with E-state index in [0.717, 1.165) is 36.1 Å². The number of amides is 1. The van der Waals surface area contributed by atoms with Gasteiger partial charge in [0.05, 0.1) is 13.2 Å². The fraction of sp³-hybridized carbons (Fsp3) is 0.308. The zero-order chi connectivity index (χ0) is 25.0. The lowest BCUT2D eigenvalue weighted by Gasteiger charge is -2.40. The topological polar surface area (TPSA) is 90.9 Å². The lowest BCUT2D eigenvalue weighted by Crippen LogP contribution is -2.58. The van der Waals surface area contributed by atoms with E-state index in [1.54, 1.807) is 25.3 Å². The summed E-state index contributed by atoms with van der Waals surface area (Å²) in [7, 11) is 1.73. The van der Waals surface area contributed by atoms with E-state index in [9.17, 15) is 14.7 Å². The molecule has 2 aromatic rings. The van der Waals surface area contributed by atoms with Crippen molar-refractivity contribution < 1.29 is 19.4 Å². The molecule has 9 heteroatoms. The van der Waals surface area contributed by atoms with E-state index >= 15 is 0 Å². The van der Waals surface area contributed by atoms with Gasteiger partial charge in [-0.15, -0.1) is 11.8 Å². The van der Waals surface area contributed by atoms with Crippen molar-refractivity contribution in [3.05, 3.63) is 82.1 Å². The Kier molecular flexibility index (Phi) is 7.69. The van der Waals surface area contributed by atoms with Gasteiger partial charge in [0.15, 0.2) is 5.78 Å². The van der Waals surface area contributed by atoms with Crippen LogP contribution in [0.4, 0.5) is 5.69 Å². The van der Waals surface area contributed by atoms with E-state index < -0.39 is 16.7 Å². The lowest BCUT2D eigenvalue weighted by molar-refractivity contribution is -0.132. The van der Waals surface area contributed by atoms with Crippen molar-refractivity contribution in [2.75, 3.05) is 38.3 Å². The van der Waals surface area contributed by atoms with E-state index in [4.69, 9.17) is 4.74 Å². The number of piperidine rings is 1. The number of benzene rings is 1. The molecule has 0 bridgehead atoms. The first-order chi connectivity index (χ1) is 16.9. The van der Waals surface area contributed by atoms with E-state index in [0.29, 0.717) is 29.4 Å². The largest absolute Gasteiger partial charge is 0.507 e. The number of carbonyl (C=O) groups excluding carboxylic acids is 2. The summed E-state index contributed by atoms with van der Waals surface area (Å²) in [5.41, 5.74) is 1.59. The predicted octanol–water partition coefficient (Wildman–Crippen LogP) is 3.53. The van der Waals surface area contributed by atoms with Gasteiger partial charge in [0.2, 0.25) is 5.91 Å². The van der Waals surface area contributed by atoms with Gasteiger partial charge in [0.25, 0.3) is 0 Å². The minimum absolute atomic E-state index is 0.0188. The molecule has 0 aliphatic carbocycles. The third-order valence-electron chi connectivity index (χ3n) is 6.25. The van der Waals surface area contributed by atoms with Crippen LogP contribution in [0, 0.1) is 0 Å². The van der Waals surface area contributed by atoms with Crippen LogP contribution in [0.1, 0.15) is 17.5 Å². The Morgan fingerprint density at radius 3 is 2.71 bits per heavy atom. The van der Waals surface area contributed by atoms with E-state index in [-0.39, 0.29) is 18.0 Å². The quantitative estimate of drug-likeness (QED) is 0.369. The molecule has 3 N–H and O–H groups in total. The molecular formula is C26H29N3O4S2. The summed E-state index contributed by atoms with van der Waals surface area (Å²) in [5, 5.41) is 20.1. The van der Waals surface area contributed by atoms with E-state index in [2.05, 4.69) is 28.7 Å². The standard InChI is InChI=1S/C26H29N3O4S2/c1-4-5-23(17(2)27-3)35-24-22(31)15-26(28-25(24)32,18-8-13-34-16-18)20-7-6-19(14-21(20)30)29-9-11-33-12-10-29/h4-8,13-14,16,24,27,30H,1-2,9-12,15H2,3H3,(H,28,32)/b23-5+. The fourth-order valence-corrected chi connectivity index (χ4v) is 6.19. The van der Waals surface area contributed by atoms with Crippen molar-refractivity contribution in [2.24, 2.45) is 0 Å². The number of thioether (sulfide) groups is 1. The average molecular weight is 512 g/mol. The predicted molar refractivity (Wildman–Crippen MR) is 142 cm³/mol. The van der Waals surface area contributed by atoms with Gasteiger partial charge in [-0.1, -0.05) is 25.3 Å². The number of hydrogen-bond donors (Lipinski definition) is 3. The Balaban J connectivity index is 1.68. The molecule has 2 fully saturated rings. The number of hydrogen-bond acceptors (Lipinski definition) is 8. The minimum Gasteiger partial charge on any atom is -0.507 e. The number of phenols is 1. The Hall–Kier alpha value is -3.01. The number of anilines is 1. The van der Waals surface area contributed by atoms with Crippen molar-refractivity contribution >= 4 is 40.5 Å². The van der Waals surface area contributed by atoms with Crippen LogP contribution in [0.3, 0.4) is 0 Å². The highest BCUT2D eigenvalue weighted by Gasteiger charge is 2.49. The summed E-state index contributed by atoms with van der Waals surface area (Å²) in [6.45, 7) is 10.4. The van der Waals surface area contributed by atoms with Gasteiger partial charge in [-0.05, 0) is 34.5 Å². The smallest absolute Gasteiger partial charge is 0.242 e. The van der Waals surface area contributed by atoms with Crippen LogP contribution in [0.25, 0.3) is 0 Å². The number of Topliss-reactive ketones (excluding diaryl/α,β-unsaturated/α-hetero) is 1. The Labute approximate surface area is 213 Å². The van der Waals surface area contributed by atoms with Crippen LogP contribution in [-0.2, 0) is 19.9 Å². The molecule has 1 aromatic heterocycles. The highest BCUT2D eigenvalue weighted by molar-refractivity contribution is 8.05. The maximum absolute atomic E-state index is 13.5. The van der Waals surface area contributed by atoms with Gasteiger partial charge in [-0.25, -0.2) is 0 Å². The van der Waals surface area contributed by atoms with Gasteiger partial charge in [0.1, 0.15) is 16.5 Å². The van der Waals surface area contributed by atoms with Crippen molar-refractivity contribution in [1.29, 1.82) is 0 Å². The number of phenolic OH excluding ortho intramolecular Hbond substituents is 1. The normalized spacial score (nSPS) is 23.1. The number of morpholine rings is 1.